The number of carbonyl (C=O) groups excluding carboxylic acids is 2. The van der Waals surface area contributed by atoms with Crippen molar-refractivity contribution in [2.24, 2.45) is 5.73 Å². The number of alkyl halides is 3. The molecule has 1 aromatic heterocycles. The van der Waals surface area contributed by atoms with Gasteiger partial charge in [-0.2, -0.15) is 13.2 Å². The second-order valence-electron chi connectivity index (χ2n) is 8.61. The van der Waals surface area contributed by atoms with E-state index in [0.29, 0.717) is 0 Å². The van der Waals surface area contributed by atoms with Gasteiger partial charge in [0.1, 0.15) is 17.3 Å². The van der Waals surface area contributed by atoms with Crippen molar-refractivity contribution >= 4 is 11.7 Å². The summed E-state index contributed by atoms with van der Waals surface area (Å²) in [5.41, 5.74) is 1.26. The normalized spacial score (nSPS) is 12.9. The second-order valence-corrected chi connectivity index (χ2v) is 8.61. The molecule has 1 atom stereocenters. The zero-order valence-electron chi connectivity index (χ0n) is 21.3. The molecule has 0 radical (unpaired) electrons. The highest BCUT2D eigenvalue weighted by Gasteiger charge is 2.56. The van der Waals surface area contributed by atoms with Crippen LogP contribution in [0.25, 0.3) is 11.3 Å². The molecule has 208 valence electrons. The van der Waals surface area contributed by atoms with Gasteiger partial charge in [-0.1, -0.05) is 0 Å². The maximum atomic E-state index is 14.2. The molecule has 0 fully saturated rings. The topological polar surface area (TPSA) is 121 Å². The van der Waals surface area contributed by atoms with Crippen LogP contribution in [-0.2, 0) is 10.4 Å². The Hall–Kier alpha value is -4.19. The van der Waals surface area contributed by atoms with E-state index >= 15 is 0 Å². The highest BCUT2D eigenvalue weighted by atomic mass is 19.4. The molecule has 3 rings (SSSR count). The van der Waals surface area contributed by atoms with Gasteiger partial charge in [0.25, 0.3) is 5.91 Å². The molecule has 1 amide bonds. The summed E-state index contributed by atoms with van der Waals surface area (Å²) in [4.78, 5) is 27.8. The highest BCUT2D eigenvalue weighted by Crippen LogP contribution is 2.44. The van der Waals surface area contributed by atoms with Crippen molar-refractivity contribution in [2.45, 2.75) is 31.5 Å². The van der Waals surface area contributed by atoms with Crippen molar-refractivity contribution in [2.75, 3.05) is 20.8 Å². The number of ketones is 1. The lowest BCUT2D eigenvalue weighted by molar-refractivity contribution is -0.270. The summed E-state index contributed by atoms with van der Waals surface area (Å²) in [6.45, 7) is 1.04. The zero-order valence-corrected chi connectivity index (χ0v) is 21.3. The summed E-state index contributed by atoms with van der Waals surface area (Å²) in [5.74, 6) is -1.71. The zero-order chi connectivity index (χ0) is 29.0. The molecule has 39 heavy (non-hydrogen) atoms. The molecule has 0 bridgehead atoms. The maximum Gasteiger partial charge on any atom is 0.422 e. The van der Waals surface area contributed by atoms with E-state index in [4.69, 9.17) is 19.9 Å². The first-order chi connectivity index (χ1) is 18.3. The molecule has 0 aliphatic carbocycles. The molecule has 2 aromatic carbocycles. The van der Waals surface area contributed by atoms with Crippen LogP contribution in [-0.4, -0.2) is 48.8 Å². The first-order valence-electron chi connectivity index (χ1n) is 11.5. The summed E-state index contributed by atoms with van der Waals surface area (Å²) in [7, 11) is 2.57. The van der Waals surface area contributed by atoms with Crippen LogP contribution in [0.5, 0.6) is 17.2 Å². The fourth-order valence-corrected chi connectivity index (χ4v) is 3.80. The van der Waals surface area contributed by atoms with E-state index in [9.17, 15) is 32.3 Å². The number of amides is 1. The summed E-state index contributed by atoms with van der Waals surface area (Å²) >= 11 is 0. The van der Waals surface area contributed by atoms with Crippen molar-refractivity contribution in [3.8, 4) is 28.5 Å². The number of nitrogens with two attached hydrogens (primary N) is 1. The summed E-state index contributed by atoms with van der Waals surface area (Å²) in [6.07, 6.45) is -6.95. The quantitative estimate of drug-likeness (QED) is 0.267. The Labute approximate surface area is 221 Å². The summed E-state index contributed by atoms with van der Waals surface area (Å²) in [5, 5.41) is 10.9. The van der Waals surface area contributed by atoms with E-state index in [2.05, 4.69) is 4.98 Å². The minimum absolute atomic E-state index is 0.00651. The number of hydrogen-bond donors (Lipinski definition) is 2. The average molecular weight is 551 g/mol. The molecular weight excluding hydrogens is 524 g/mol. The lowest BCUT2D eigenvalue weighted by Gasteiger charge is -2.30. The largest absolute Gasteiger partial charge is 0.494 e. The van der Waals surface area contributed by atoms with Gasteiger partial charge >= 0.3 is 6.18 Å². The van der Waals surface area contributed by atoms with Crippen molar-refractivity contribution in [1.29, 1.82) is 0 Å². The number of nitrogens with zero attached hydrogens (tertiary/aromatic N) is 1. The predicted molar refractivity (Wildman–Crippen MR) is 132 cm³/mol. The molecule has 0 aliphatic rings. The van der Waals surface area contributed by atoms with Crippen LogP contribution in [0, 0.1) is 12.7 Å². The van der Waals surface area contributed by atoms with Gasteiger partial charge in [0.05, 0.1) is 19.9 Å². The van der Waals surface area contributed by atoms with E-state index in [1.165, 1.54) is 57.5 Å². The lowest BCUT2D eigenvalue weighted by Crippen LogP contribution is -2.43. The smallest absolute Gasteiger partial charge is 0.422 e. The van der Waals surface area contributed by atoms with Gasteiger partial charge in [0.2, 0.25) is 5.60 Å². The number of aromatic nitrogens is 1. The molecule has 0 aliphatic heterocycles. The molecular formula is C27H26F4N2O6. The Balaban J connectivity index is 1.93. The van der Waals surface area contributed by atoms with Crippen LogP contribution in [0.15, 0.2) is 48.5 Å². The van der Waals surface area contributed by atoms with Crippen LogP contribution in [0.1, 0.15) is 34.5 Å². The number of carbonyl (C=O) groups is 2. The van der Waals surface area contributed by atoms with Gasteiger partial charge in [-0.05, 0) is 67.4 Å². The number of hydrogen-bond acceptors (Lipinski definition) is 7. The SMILES string of the molecule is COc1cc(C(=O)CC[C@@](O)(c2ccc(OC)c(-c3ccc(F)c(C)c3)n2)C(F)(F)F)ccc1OCC(N)=O. The van der Waals surface area contributed by atoms with E-state index in [1.807, 2.05) is 0 Å². The van der Waals surface area contributed by atoms with Crippen LogP contribution >= 0.6 is 0 Å². The standard InChI is InChI=1S/C27H26F4N2O6/c1-15-12-17(4-6-18(15)28)25-21(37-2)8-9-23(33-25)26(36,27(29,30)31)11-10-19(34)16-5-7-20(22(13-16)38-3)39-14-24(32)35/h4-9,12-13,36H,10-11,14H2,1-3H3,(H2,32,35)/t26-/m1/s1. The van der Waals surface area contributed by atoms with Gasteiger partial charge in [-0.25, -0.2) is 9.37 Å². The fourth-order valence-electron chi connectivity index (χ4n) is 3.80. The first kappa shape index (κ1) is 29.4. The minimum atomic E-state index is -5.20. The molecule has 0 spiro atoms. The van der Waals surface area contributed by atoms with Crippen LogP contribution in [0.2, 0.25) is 0 Å². The number of Topliss-reactive ketones (excluding diaryl/α,β-unsaturated/α-hetero) is 1. The van der Waals surface area contributed by atoms with Crippen LogP contribution in [0.3, 0.4) is 0 Å². The Bertz CT molecular complexity index is 1380. The molecule has 12 heteroatoms. The Morgan fingerprint density at radius 3 is 2.23 bits per heavy atom. The Morgan fingerprint density at radius 2 is 1.64 bits per heavy atom. The van der Waals surface area contributed by atoms with Crippen molar-refractivity contribution in [3.63, 3.8) is 0 Å². The molecule has 8 nitrogen and oxygen atoms in total. The Kier molecular flexibility index (Phi) is 8.80. The van der Waals surface area contributed by atoms with Gasteiger partial charge < -0.3 is 25.1 Å². The number of primary amides is 1. The second kappa shape index (κ2) is 11.7. The molecule has 1 heterocycles. The highest BCUT2D eigenvalue weighted by molar-refractivity contribution is 5.96. The maximum absolute atomic E-state index is 14.2. The number of ether oxygens (including phenoxy) is 3. The Morgan fingerprint density at radius 1 is 0.974 bits per heavy atom. The van der Waals surface area contributed by atoms with Crippen molar-refractivity contribution in [3.05, 3.63) is 71.2 Å². The van der Waals surface area contributed by atoms with E-state index in [0.717, 1.165) is 12.1 Å². The number of halogens is 4. The van der Waals surface area contributed by atoms with Gasteiger partial charge in [-0.15, -0.1) is 0 Å². The third-order valence-corrected chi connectivity index (χ3v) is 5.97. The summed E-state index contributed by atoms with van der Waals surface area (Å²) < 4.78 is 72.0. The van der Waals surface area contributed by atoms with Crippen LogP contribution in [0.4, 0.5) is 17.6 Å². The minimum Gasteiger partial charge on any atom is -0.494 e. The van der Waals surface area contributed by atoms with Crippen molar-refractivity contribution in [1.82, 2.24) is 4.98 Å². The number of rotatable bonds is 11. The van der Waals surface area contributed by atoms with Gasteiger partial charge in [0, 0.05) is 17.5 Å². The van der Waals surface area contributed by atoms with Gasteiger partial charge in [0.15, 0.2) is 23.9 Å². The number of benzene rings is 2. The van der Waals surface area contributed by atoms with E-state index in [1.54, 1.807) is 0 Å². The molecule has 0 saturated heterocycles. The fraction of sp³-hybridized carbons (Fsp3) is 0.296. The van der Waals surface area contributed by atoms with E-state index in [-0.39, 0.29) is 39.6 Å². The third-order valence-electron chi connectivity index (χ3n) is 5.97. The molecule has 3 aromatic rings. The number of aryl methyl sites for hydroxylation is 1. The molecule has 0 saturated carbocycles. The number of aliphatic hydroxyl groups is 1. The van der Waals surface area contributed by atoms with Gasteiger partial charge in [-0.3, -0.25) is 9.59 Å². The lowest BCUT2D eigenvalue weighted by atomic mass is 9.89. The first-order valence-corrected chi connectivity index (χ1v) is 11.5. The van der Waals surface area contributed by atoms with Crippen molar-refractivity contribution < 1.29 is 46.5 Å². The molecule has 3 N–H and O–H groups in total. The monoisotopic (exact) mass is 550 g/mol. The summed E-state index contributed by atoms with van der Waals surface area (Å²) in [6, 6.07) is 9.88. The van der Waals surface area contributed by atoms with E-state index < -0.39 is 54.4 Å². The number of pyridine rings is 1. The van der Waals surface area contributed by atoms with Crippen LogP contribution < -0.4 is 19.9 Å². The molecule has 0 unspecified atom stereocenters. The predicted octanol–water partition coefficient (Wildman–Crippen LogP) is 4.49. The average Bonchev–Trinajstić information content (AvgIpc) is 2.90. The third kappa shape index (κ3) is 6.45. The number of methoxy groups -OCH3 is 2.